The summed E-state index contributed by atoms with van der Waals surface area (Å²) >= 11 is 0. The minimum absolute atomic E-state index is 0.0816. The SMILES string of the molecule is O=C(NCC(=O)C1CC1)OCc1ccccc1. The van der Waals surface area contributed by atoms with Crippen LogP contribution in [-0.4, -0.2) is 18.4 Å². The van der Waals surface area contributed by atoms with E-state index in [0.29, 0.717) is 0 Å². The van der Waals surface area contributed by atoms with E-state index in [2.05, 4.69) is 5.32 Å². The second kappa shape index (κ2) is 5.48. The first-order valence-electron chi connectivity index (χ1n) is 5.73. The van der Waals surface area contributed by atoms with Gasteiger partial charge in [-0.25, -0.2) is 4.79 Å². The Morgan fingerprint density at radius 2 is 1.94 bits per heavy atom. The topological polar surface area (TPSA) is 55.4 Å². The van der Waals surface area contributed by atoms with Crippen LogP contribution in [0.15, 0.2) is 30.3 Å². The lowest BCUT2D eigenvalue weighted by Crippen LogP contribution is -2.30. The minimum Gasteiger partial charge on any atom is -0.445 e. The standard InChI is InChI=1S/C13H15NO3/c15-12(11-6-7-11)8-14-13(16)17-9-10-4-2-1-3-5-10/h1-5,11H,6-9H2,(H,14,16). The summed E-state index contributed by atoms with van der Waals surface area (Å²) < 4.78 is 4.98. The number of nitrogens with one attached hydrogen (secondary N) is 1. The molecule has 0 bridgehead atoms. The maximum atomic E-state index is 11.3. The third-order valence-corrected chi connectivity index (χ3v) is 2.65. The van der Waals surface area contributed by atoms with Gasteiger partial charge in [0.1, 0.15) is 6.61 Å². The van der Waals surface area contributed by atoms with E-state index in [4.69, 9.17) is 4.74 Å². The van der Waals surface area contributed by atoms with Crippen molar-refractivity contribution in [1.82, 2.24) is 5.32 Å². The van der Waals surface area contributed by atoms with Crippen molar-refractivity contribution in [2.45, 2.75) is 19.4 Å². The van der Waals surface area contributed by atoms with Crippen LogP contribution in [0, 0.1) is 5.92 Å². The van der Waals surface area contributed by atoms with Crippen LogP contribution in [0.2, 0.25) is 0 Å². The number of ketones is 1. The van der Waals surface area contributed by atoms with Gasteiger partial charge >= 0.3 is 6.09 Å². The number of ether oxygens (including phenoxy) is 1. The lowest BCUT2D eigenvalue weighted by molar-refractivity contribution is -0.119. The number of alkyl carbamates (subject to hydrolysis) is 1. The highest BCUT2D eigenvalue weighted by Crippen LogP contribution is 2.29. The number of hydrogen-bond acceptors (Lipinski definition) is 3. The van der Waals surface area contributed by atoms with E-state index in [1.807, 2.05) is 30.3 Å². The molecule has 17 heavy (non-hydrogen) atoms. The van der Waals surface area contributed by atoms with Crippen molar-refractivity contribution < 1.29 is 14.3 Å². The molecule has 0 unspecified atom stereocenters. The number of Topliss-reactive ketones (excluding diaryl/α,β-unsaturated/α-hetero) is 1. The van der Waals surface area contributed by atoms with Crippen molar-refractivity contribution >= 4 is 11.9 Å². The van der Waals surface area contributed by atoms with Crippen LogP contribution in [-0.2, 0) is 16.1 Å². The largest absolute Gasteiger partial charge is 0.445 e. The molecule has 2 rings (SSSR count). The first kappa shape index (κ1) is 11.6. The summed E-state index contributed by atoms with van der Waals surface area (Å²) in [7, 11) is 0. The highest BCUT2D eigenvalue weighted by Gasteiger charge is 2.29. The Morgan fingerprint density at radius 3 is 2.59 bits per heavy atom. The van der Waals surface area contributed by atoms with Crippen LogP contribution in [0.25, 0.3) is 0 Å². The summed E-state index contributed by atoms with van der Waals surface area (Å²) in [5.74, 6) is 0.270. The second-order valence-corrected chi connectivity index (χ2v) is 4.16. The van der Waals surface area contributed by atoms with E-state index >= 15 is 0 Å². The van der Waals surface area contributed by atoms with Crippen molar-refractivity contribution in [3.63, 3.8) is 0 Å². The molecule has 4 nitrogen and oxygen atoms in total. The summed E-state index contributed by atoms with van der Waals surface area (Å²) in [6.45, 7) is 0.308. The van der Waals surface area contributed by atoms with Crippen molar-refractivity contribution in [3.8, 4) is 0 Å². The zero-order chi connectivity index (χ0) is 12.1. The summed E-state index contributed by atoms with van der Waals surface area (Å²) in [6.07, 6.45) is 1.38. The molecule has 1 aliphatic rings. The summed E-state index contributed by atoms with van der Waals surface area (Å²) in [5, 5.41) is 2.46. The first-order valence-corrected chi connectivity index (χ1v) is 5.73. The molecule has 1 aliphatic carbocycles. The molecular weight excluding hydrogens is 218 g/mol. The number of carbonyl (C=O) groups is 2. The molecule has 90 valence electrons. The van der Waals surface area contributed by atoms with Crippen LogP contribution >= 0.6 is 0 Å². The Hall–Kier alpha value is -1.84. The van der Waals surface area contributed by atoms with Crippen LogP contribution < -0.4 is 5.32 Å². The van der Waals surface area contributed by atoms with Crippen molar-refractivity contribution in [2.24, 2.45) is 5.92 Å². The Bertz CT molecular complexity index is 398. The van der Waals surface area contributed by atoms with Gasteiger partial charge < -0.3 is 10.1 Å². The molecule has 0 saturated heterocycles. The molecule has 1 saturated carbocycles. The zero-order valence-corrected chi connectivity index (χ0v) is 9.52. The fraction of sp³-hybridized carbons (Fsp3) is 0.385. The zero-order valence-electron chi connectivity index (χ0n) is 9.52. The van der Waals surface area contributed by atoms with Crippen molar-refractivity contribution in [3.05, 3.63) is 35.9 Å². The first-order chi connectivity index (χ1) is 8.25. The van der Waals surface area contributed by atoms with Crippen molar-refractivity contribution in [2.75, 3.05) is 6.54 Å². The fourth-order valence-corrected chi connectivity index (χ4v) is 1.48. The fourth-order valence-electron chi connectivity index (χ4n) is 1.48. The van der Waals surface area contributed by atoms with Gasteiger partial charge in [0, 0.05) is 5.92 Å². The van der Waals surface area contributed by atoms with Gasteiger partial charge in [-0.15, -0.1) is 0 Å². The van der Waals surface area contributed by atoms with Crippen LogP contribution in [0.3, 0.4) is 0 Å². The van der Waals surface area contributed by atoms with Crippen molar-refractivity contribution in [1.29, 1.82) is 0 Å². The Morgan fingerprint density at radius 1 is 1.24 bits per heavy atom. The van der Waals surface area contributed by atoms with Crippen LogP contribution in [0.5, 0.6) is 0 Å². The molecule has 0 radical (unpaired) electrons. The minimum atomic E-state index is -0.539. The quantitative estimate of drug-likeness (QED) is 0.845. The number of amides is 1. The number of carbonyl (C=O) groups excluding carboxylic acids is 2. The maximum absolute atomic E-state index is 11.3. The highest BCUT2D eigenvalue weighted by molar-refractivity contribution is 5.87. The van der Waals surface area contributed by atoms with Gasteiger partial charge in [-0.05, 0) is 18.4 Å². The van der Waals surface area contributed by atoms with Gasteiger partial charge in [-0.3, -0.25) is 4.79 Å². The number of hydrogen-bond donors (Lipinski definition) is 1. The normalized spacial score (nSPS) is 14.1. The van der Waals surface area contributed by atoms with E-state index in [1.165, 1.54) is 0 Å². The summed E-state index contributed by atoms with van der Waals surface area (Å²) in [4.78, 5) is 22.6. The van der Waals surface area contributed by atoms with E-state index < -0.39 is 6.09 Å². The summed E-state index contributed by atoms with van der Waals surface area (Å²) in [5.41, 5.74) is 0.927. The van der Waals surface area contributed by atoms with Gasteiger partial charge in [-0.1, -0.05) is 30.3 Å². The van der Waals surface area contributed by atoms with Gasteiger partial charge in [0.25, 0.3) is 0 Å². The number of rotatable bonds is 5. The Labute approximate surface area is 100.0 Å². The third kappa shape index (κ3) is 3.90. The molecule has 1 aromatic carbocycles. The molecule has 0 atom stereocenters. The average Bonchev–Trinajstić information content (AvgIpc) is 3.19. The predicted octanol–water partition coefficient (Wildman–Crippen LogP) is 1.89. The Kier molecular flexibility index (Phi) is 3.75. The molecule has 1 N–H and O–H groups in total. The molecule has 0 aliphatic heterocycles. The van der Waals surface area contributed by atoms with Gasteiger partial charge in [-0.2, -0.15) is 0 Å². The molecule has 0 spiro atoms. The molecule has 4 heteroatoms. The van der Waals surface area contributed by atoms with Crippen LogP contribution in [0.4, 0.5) is 4.79 Å². The van der Waals surface area contributed by atoms with E-state index in [9.17, 15) is 9.59 Å². The average molecular weight is 233 g/mol. The third-order valence-electron chi connectivity index (χ3n) is 2.65. The molecule has 0 aromatic heterocycles. The van der Waals surface area contributed by atoms with E-state index in [1.54, 1.807) is 0 Å². The monoisotopic (exact) mass is 233 g/mol. The molecular formula is C13H15NO3. The van der Waals surface area contributed by atoms with Gasteiger partial charge in [0.15, 0.2) is 5.78 Å². The number of benzene rings is 1. The Balaban J connectivity index is 1.65. The predicted molar refractivity (Wildman–Crippen MR) is 62.4 cm³/mol. The molecule has 1 amide bonds. The molecule has 0 heterocycles. The van der Waals surface area contributed by atoms with Crippen LogP contribution in [0.1, 0.15) is 18.4 Å². The maximum Gasteiger partial charge on any atom is 0.407 e. The lowest BCUT2D eigenvalue weighted by atomic mass is 10.2. The second-order valence-electron chi connectivity index (χ2n) is 4.16. The van der Waals surface area contributed by atoms with E-state index in [0.717, 1.165) is 18.4 Å². The smallest absolute Gasteiger partial charge is 0.407 e. The molecule has 1 aromatic rings. The van der Waals surface area contributed by atoms with Gasteiger partial charge in [0.05, 0.1) is 6.54 Å². The van der Waals surface area contributed by atoms with Gasteiger partial charge in [0.2, 0.25) is 0 Å². The summed E-state index contributed by atoms with van der Waals surface area (Å²) in [6, 6.07) is 9.42. The highest BCUT2D eigenvalue weighted by atomic mass is 16.5. The molecule has 1 fully saturated rings. The lowest BCUT2D eigenvalue weighted by Gasteiger charge is -2.06. The van der Waals surface area contributed by atoms with E-state index in [-0.39, 0.29) is 24.9 Å².